The van der Waals surface area contributed by atoms with Crippen molar-refractivity contribution >= 4 is 11.9 Å². The smallest absolute Gasteiger partial charge is 0.281 e. The van der Waals surface area contributed by atoms with E-state index >= 15 is 0 Å². The van der Waals surface area contributed by atoms with Gasteiger partial charge in [0.25, 0.3) is 5.91 Å². The molecule has 0 aromatic rings. The van der Waals surface area contributed by atoms with Gasteiger partial charge in [0.15, 0.2) is 5.54 Å². The van der Waals surface area contributed by atoms with Crippen LogP contribution in [0.5, 0.6) is 0 Å². The van der Waals surface area contributed by atoms with Crippen LogP contribution < -0.4 is 15.3 Å². The molecule has 0 aromatic carbocycles. The minimum absolute atomic E-state index is 0.333. The van der Waals surface area contributed by atoms with E-state index in [2.05, 4.69) is 18.5 Å². The topological polar surface area (TPSA) is 73.7 Å². The summed E-state index contributed by atoms with van der Waals surface area (Å²) in [5.74, 6) is -1.64. The molecule has 0 aliphatic heterocycles. The van der Waals surface area contributed by atoms with E-state index in [1.807, 2.05) is 0 Å². The fourth-order valence-corrected chi connectivity index (χ4v) is 1.48. The number of carbonyl (C=O) groups excluding carboxylic acids is 2. The van der Waals surface area contributed by atoms with E-state index in [0.29, 0.717) is 13.1 Å². The third-order valence-corrected chi connectivity index (χ3v) is 2.63. The molecule has 1 amide bonds. The molecule has 0 aliphatic carbocycles. The van der Waals surface area contributed by atoms with E-state index in [1.54, 1.807) is 26.0 Å². The van der Waals surface area contributed by atoms with E-state index in [1.165, 1.54) is 0 Å². The summed E-state index contributed by atoms with van der Waals surface area (Å²) < 4.78 is 0. The van der Waals surface area contributed by atoms with Crippen LogP contribution in [0.15, 0.2) is 25.3 Å². The number of hydrogen-bond donors (Lipinski definition) is 2. The summed E-state index contributed by atoms with van der Waals surface area (Å²) >= 11 is 0. The van der Waals surface area contributed by atoms with Crippen LogP contribution in [0.25, 0.3) is 0 Å². The molecule has 0 aliphatic rings. The van der Waals surface area contributed by atoms with Crippen molar-refractivity contribution in [2.45, 2.75) is 19.4 Å². The summed E-state index contributed by atoms with van der Waals surface area (Å²) in [6.07, 6.45) is 3.43. The van der Waals surface area contributed by atoms with E-state index in [4.69, 9.17) is 0 Å². The Kier molecular flexibility index (Phi) is 6.20. The van der Waals surface area contributed by atoms with Crippen molar-refractivity contribution in [2.75, 3.05) is 19.6 Å². The van der Waals surface area contributed by atoms with Gasteiger partial charge in [0.1, 0.15) is 0 Å². The Labute approximate surface area is 102 Å². The number of carboxylic acids is 1. The van der Waals surface area contributed by atoms with Gasteiger partial charge in [-0.05, 0) is 26.0 Å². The van der Waals surface area contributed by atoms with E-state index in [9.17, 15) is 14.7 Å². The standard InChI is InChI=1S/C12H20N2O3/c1-5-7-14(8-6-2)12(3,4)11(17)13-9-10(15)16/h5-6H,1-2,7-9H2,3-4H3,(H,13,17)(H,15,16). The van der Waals surface area contributed by atoms with Gasteiger partial charge in [0.05, 0.1) is 25.6 Å². The van der Waals surface area contributed by atoms with E-state index < -0.39 is 18.1 Å². The van der Waals surface area contributed by atoms with Crippen molar-refractivity contribution in [1.29, 1.82) is 0 Å². The third kappa shape index (κ3) is 4.82. The Morgan fingerprint density at radius 2 is 1.76 bits per heavy atom. The largest absolute Gasteiger partial charge is 0.548 e. The quantitative estimate of drug-likeness (QED) is 0.477. The maximum atomic E-state index is 11.9. The number of aliphatic carboxylic acids is 1. The van der Waals surface area contributed by atoms with Crippen molar-refractivity contribution < 1.29 is 19.6 Å². The summed E-state index contributed by atoms with van der Waals surface area (Å²) in [5.41, 5.74) is -0.752. The summed E-state index contributed by atoms with van der Waals surface area (Å²) in [7, 11) is 0. The predicted octanol–water partition coefficient (Wildman–Crippen LogP) is -2.11. The molecule has 0 bridgehead atoms. The lowest BCUT2D eigenvalue weighted by Gasteiger charge is -2.32. The fourth-order valence-electron chi connectivity index (χ4n) is 1.48. The van der Waals surface area contributed by atoms with Gasteiger partial charge in [-0.3, -0.25) is 4.79 Å². The maximum absolute atomic E-state index is 11.9. The highest BCUT2D eigenvalue weighted by atomic mass is 16.4. The van der Waals surface area contributed by atoms with Crippen LogP contribution in [-0.2, 0) is 9.59 Å². The Morgan fingerprint density at radius 1 is 1.29 bits per heavy atom. The lowest BCUT2D eigenvalue weighted by molar-refractivity contribution is -0.927. The second-order valence-electron chi connectivity index (χ2n) is 4.27. The molecule has 5 heteroatoms. The third-order valence-electron chi connectivity index (χ3n) is 2.63. The molecule has 0 saturated heterocycles. The Bertz CT molecular complexity index is 301. The molecular formula is C12H20N2O3. The Balaban J connectivity index is 4.67. The highest BCUT2D eigenvalue weighted by Crippen LogP contribution is 1.96. The molecule has 0 atom stereocenters. The molecule has 5 nitrogen and oxygen atoms in total. The van der Waals surface area contributed by atoms with Crippen LogP contribution in [0.3, 0.4) is 0 Å². The van der Waals surface area contributed by atoms with E-state index in [-0.39, 0.29) is 5.91 Å². The molecule has 0 unspecified atom stereocenters. The lowest BCUT2D eigenvalue weighted by Crippen LogP contribution is -3.20. The lowest BCUT2D eigenvalue weighted by atomic mass is 10.0. The molecule has 2 N–H and O–H groups in total. The zero-order valence-corrected chi connectivity index (χ0v) is 10.4. The molecule has 0 radical (unpaired) electrons. The number of rotatable bonds is 8. The number of nitrogens with one attached hydrogen (secondary N) is 2. The molecule has 0 spiro atoms. The zero-order chi connectivity index (χ0) is 13.5. The SMILES string of the molecule is C=CC[NH+](CC=C)C(C)(C)C(=O)NCC(=O)[O-]. The average Bonchev–Trinajstić information content (AvgIpc) is 2.25. The highest BCUT2D eigenvalue weighted by Gasteiger charge is 2.37. The van der Waals surface area contributed by atoms with Gasteiger partial charge < -0.3 is 20.1 Å². The maximum Gasteiger partial charge on any atom is 0.281 e. The minimum Gasteiger partial charge on any atom is -0.548 e. The molecule has 0 aromatic heterocycles. The average molecular weight is 240 g/mol. The first-order chi connectivity index (χ1) is 7.86. The molecular weight excluding hydrogens is 220 g/mol. The normalized spacial score (nSPS) is 11.0. The van der Waals surface area contributed by atoms with Gasteiger partial charge in [-0.2, -0.15) is 0 Å². The molecule has 0 saturated carbocycles. The highest BCUT2D eigenvalue weighted by molar-refractivity contribution is 5.86. The Hall–Kier alpha value is -1.62. The van der Waals surface area contributed by atoms with Gasteiger partial charge in [0.2, 0.25) is 0 Å². The first-order valence-electron chi connectivity index (χ1n) is 5.41. The first kappa shape index (κ1) is 15.4. The van der Waals surface area contributed by atoms with Gasteiger partial charge in [0, 0.05) is 0 Å². The second kappa shape index (κ2) is 6.85. The van der Waals surface area contributed by atoms with Crippen molar-refractivity contribution in [3.63, 3.8) is 0 Å². The predicted molar refractivity (Wildman–Crippen MR) is 63.2 cm³/mol. The van der Waals surface area contributed by atoms with Crippen LogP contribution >= 0.6 is 0 Å². The van der Waals surface area contributed by atoms with Gasteiger partial charge in [-0.15, -0.1) is 0 Å². The van der Waals surface area contributed by atoms with Crippen molar-refractivity contribution in [3.8, 4) is 0 Å². The minimum atomic E-state index is -1.30. The number of quaternary nitrogens is 1. The molecule has 96 valence electrons. The zero-order valence-electron chi connectivity index (χ0n) is 10.4. The molecule has 0 heterocycles. The van der Waals surface area contributed by atoms with Gasteiger partial charge >= 0.3 is 0 Å². The van der Waals surface area contributed by atoms with Crippen LogP contribution in [-0.4, -0.2) is 37.0 Å². The summed E-state index contributed by atoms with van der Waals surface area (Å²) in [6, 6.07) is 0. The first-order valence-corrected chi connectivity index (χ1v) is 5.41. The van der Waals surface area contributed by atoms with E-state index in [0.717, 1.165) is 4.90 Å². The van der Waals surface area contributed by atoms with Crippen LogP contribution in [0.4, 0.5) is 0 Å². The van der Waals surface area contributed by atoms with Crippen molar-refractivity contribution in [1.82, 2.24) is 5.32 Å². The second-order valence-corrected chi connectivity index (χ2v) is 4.27. The van der Waals surface area contributed by atoms with Crippen molar-refractivity contribution in [3.05, 3.63) is 25.3 Å². The van der Waals surface area contributed by atoms with Crippen LogP contribution in [0.2, 0.25) is 0 Å². The molecule has 17 heavy (non-hydrogen) atoms. The molecule has 0 rings (SSSR count). The number of carboxylic acid groups (broad SMARTS) is 1. The monoisotopic (exact) mass is 240 g/mol. The van der Waals surface area contributed by atoms with Crippen LogP contribution in [0, 0.1) is 0 Å². The van der Waals surface area contributed by atoms with Gasteiger partial charge in [-0.25, -0.2) is 0 Å². The summed E-state index contributed by atoms with van der Waals surface area (Å²) in [6.45, 7) is 11.5. The van der Waals surface area contributed by atoms with Crippen molar-refractivity contribution in [2.24, 2.45) is 0 Å². The fraction of sp³-hybridized carbons (Fsp3) is 0.500. The summed E-state index contributed by atoms with van der Waals surface area (Å²) in [4.78, 5) is 23.1. The molecule has 0 fully saturated rings. The Morgan fingerprint density at radius 3 is 2.12 bits per heavy atom. The number of hydrogen-bond acceptors (Lipinski definition) is 3. The summed E-state index contributed by atoms with van der Waals surface area (Å²) in [5, 5.41) is 12.6. The van der Waals surface area contributed by atoms with Crippen LogP contribution in [0.1, 0.15) is 13.8 Å². The van der Waals surface area contributed by atoms with Gasteiger partial charge in [-0.1, -0.05) is 13.2 Å². The number of amides is 1. The number of carbonyl (C=O) groups is 2.